The van der Waals surface area contributed by atoms with Gasteiger partial charge in [-0.15, -0.1) is 10.2 Å². The van der Waals surface area contributed by atoms with Crippen LogP contribution < -0.4 is 9.64 Å². The Morgan fingerprint density at radius 1 is 1.03 bits per heavy atom. The van der Waals surface area contributed by atoms with E-state index in [9.17, 15) is 9.59 Å². The molecule has 33 heavy (non-hydrogen) atoms. The van der Waals surface area contributed by atoms with Gasteiger partial charge >= 0.3 is 0 Å². The first kappa shape index (κ1) is 23.0. The number of anilines is 1. The van der Waals surface area contributed by atoms with Crippen molar-refractivity contribution >= 4 is 17.6 Å². The topological polar surface area (TPSA) is 78.9 Å². The van der Waals surface area contributed by atoms with Gasteiger partial charge in [-0.1, -0.05) is 13.8 Å². The Kier molecular flexibility index (Phi) is 7.11. The fourth-order valence-corrected chi connectivity index (χ4v) is 4.11. The minimum atomic E-state index is 0.0413. The van der Waals surface area contributed by atoms with Crippen LogP contribution in [0.2, 0.25) is 0 Å². The normalized spacial score (nSPS) is 16.1. The number of ether oxygens (including phenoxy) is 1. The van der Waals surface area contributed by atoms with Crippen LogP contribution in [-0.2, 0) is 9.59 Å². The molecule has 0 spiro atoms. The first-order valence-electron chi connectivity index (χ1n) is 11.7. The highest BCUT2D eigenvalue weighted by molar-refractivity contribution is 5.85. The zero-order valence-electron chi connectivity index (χ0n) is 19.7. The lowest BCUT2D eigenvalue weighted by atomic mass is 10.1. The lowest BCUT2D eigenvalue weighted by Crippen LogP contribution is -2.52. The average molecular weight is 452 g/mol. The van der Waals surface area contributed by atoms with Crippen LogP contribution in [0.4, 0.5) is 5.82 Å². The van der Waals surface area contributed by atoms with E-state index in [2.05, 4.69) is 15.1 Å². The molecular weight excluding hydrogens is 418 g/mol. The second kappa shape index (κ2) is 10.2. The Bertz CT molecular complexity index is 949. The van der Waals surface area contributed by atoms with E-state index in [0.717, 1.165) is 35.7 Å². The molecule has 0 unspecified atom stereocenters. The minimum absolute atomic E-state index is 0.0413. The Balaban J connectivity index is 1.30. The van der Waals surface area contributed by atoms with Crippen molar-refractivity contribution in [1.82, 2.24) is 20.0 Å². The third kappa shape index (κ3) is 5.80. The van der Waals surface area contributed by atoms with Gasteiger partial charge in [0.2, 0.25) is 11.8 Å². The summed E-state index contributed by atoms with van der Waals surface area (Å²) in [6.45, 7) is 6.92. The molecule has 0 radical (unpaired) electrons. The molecule has 2 aliphatic rings. The third-order valence-corrected chi connectivity index (χ3v) is 6.19. The van der Waals surface area contributed by atoms with E-state index in [1.807, 2.05) is 55.1 Å². The standard InChI is InChI=1S/C25H33N5O3/c1-18(2)16-24(31)30(20-6-7-20)17-25(32)29-14-12-28(13-15-29)23-11-10-22(26-27-23)19-4-8-21(33-3)9-5-19/h4-5,8-11,18,20H,6-7,12-17H2,1-3H3. The third-order valence-electron chi connectivity index (χ3n) is 6.19. The molecule has 0 N–H and O–H groups in total. The van der Waals surface area contributed by atoms with Crippen LogP contribution in [-0.4, -0.2) is 77.7 Å². The van der Waals surface area contributed by atoms with Gasteiger partial charge in [0.1, 0.15) is 12.3 Å². The van der Waals surface area contributed by atoms with Gasteiger partial charge < -0.3 is 19.4 Å². The molecule has 2 fully saturated rings. The fraction of sp³-hybridized carbons (Fsp3) is 0.520. The molecule has 1 saturated carbocycles. The van der Waals surface area contributed by atoms with E-state index < -0.39 is 0 Å². The molecule has 1 aromatic heterocycles. The van der Waals surface area contributed by atoms with Crippen LogP contribution in [0, 0.1) is 5.92 Å². The summed E-state index contributed by atoms with van der Waals surface area (Å²) in [6, 6.07) is 11.9. The summed E-state index contributed by atoms with van der Waals surface area (Å²) in [5, 5.41) is 8.80. The van der Waals surface area contributed by atoms with Gasteiger partial charge in [0.05, 0.1) is 12.8 Å². The van der Waals surface area contributed by atoms with Gasteiger partial charge in [0.15, 0.2) is 5.82 Å². The summed E-state index contributed by atoms with van der Waals surface area (Å²) < 4.78 is 5.20. The molecule has 1 saturated heterocycles. The zero-order chi connectivity index (χ0) is 23.4. The molecule has 4 rings (SSSR count). The predicted molar refractivity (Wildman–Crippen MR) is 127 cm³/mol. The number of benzene rings is 1. The minimum Gasteiger partial charge on any atom is -0.497 e. The number of rotatable bonds is 8. The SMILES string of the molecule is COc1ccc(-c2ccc(N3CCN(C(=O)CN(C(=O)CC(C)C)C4CC4)CC3)nn2)cc1. The molecule has 1 aliphatic heterocycles. The number of amides is 2. The number of carbonyl (C=O) groups is 2. The Morgan fingerprint density at radius 2 is 1.73 bits per heavy atom. The lowest BCUT2D eigenvalue weighted by Gasteiger charge is -2.36. The lowest BCUT2D eigenvalue weighted by molar-refractivity contribution is -0.141. The summed E-state index contributed by atoms with van der Waals surface area (Å²) in [6.07, 6.45) is 2.52. The summed E-state index contributed by atoms with van der Waals surface area (Å²) >= 11 is 0. The molecule has 2 heterocycles. The summed E-state index contributed by atoms with van der Waals surface area (Å²) in [7, 11) is 1.65. The van der Waals surface area contributed by atoms with E-state index in [4.69, 9.17) is 4.74 Å². The number of nitrogens with zero attached hydrogens (tertiary/aromatic N) is 5. The average Bonchev–Trinajstić information content (AvgIpc) is 3.67. The zero-order valence-corrected chi connectivity index (χ0v) is 19.7. The number of hydrogen-bond donors (Lipinski definition) is 0. The van der Waals surface area contributed by atoms with Crippen molar-refractivity contribution in [2.45, 2.75) is 39.2 Å². The Morgan fingerprint density at radius 3 is 2.27 bits per heavy atom. The van der Waals surface area contributed by atoms with Gasteiger partial charge in [0.25, 0.3) is 0 Å². The van der Waals surface area contributed by atoms with Crippen molar-refractivity contribution in [3.05, 3.63) is 36.4 Å². The van der Waals surface area contributed by atoms with Crippen LogP contribution in [0.15, 0.2) is 36.4 Å². The molecule has 0 atom stereocenters. The van der Waals surface area contributed by atoms with Gasteiger partial charge in [-0.05, 0) is 55.2 Å². The van der Waals surface area contributed by atoms with Crippen molar-refractivity contribution in [1.29, 1.82) is 0 Å². The van der Waals surface area contributed by atoms with Gasteiger partial charge in [0, 0.05) is 44.2 Å². The predicted octanol–water partition coefficient (Wildman–Crippen LogP) is 2.84. The smallest absolute Gasteiger partial charge is 0.242 e. The highest BCUT2D eigenvalue weighted by atomic mass is 16.5. The molecule has 1 aromatic carbocycles. The van der Waals surface area contributed by atoms with Crippen LogP contribution in [0.3, 0.4) is 0 Å². The molecular formula is C25H33N5O3. The summed E-state index contributed by atoms with van der Waals surface area (Å²) in [5.41, 5.74) is 1.79. The van der Waals surface area contributed by atoms with Crippen molar-refractivity contribution in [2.75, 3.05) is 44.7 Å². The van der Waals surface area contributed by atoms with Gasteiger partial charge in [-0.3, -0.25) is 9.59 Å². The van der Waals surface area contributed by atoms with Crippen molar-refractivity contribution in [3.63, 3.8) is 0 Å². The molecule has 176 valence electrons. The van der Waals surface area contributed by atoms with Crippen LogP contribution in [0.5, 0.6) is 5.75 Å². The number of hydrogen-bond acceptors (Lipinski definition) is 6. The second-order valence-electron chi connectivity index (χ2n) is 9.22. The monoisotopic (exact) mass is 451 g/mol. The van der Waals surface area contributed by atoms with Gasteiger partial charge in [-0.2, -0.15) is 0 Å². The van der Waals surface area contributed by atoms with Crippen LogP contribution >= 0.6 is 0 Å². The quantitative estimate of drug-likeness (QED) is 0.614. The maximum atomic E-state index is 12.9. The fourth-order valence-electron chi connectivity index (χ4n) is 4.11. The maximum Gasteiger partial charge on any atom is 0.242 e. The Labute approximate surface area is 195 Å². The molecule has 1 aliphatic carbocycles. The van der Waals surface area contributed by atoms with E-state index in [1.165, 1.54) is 0 Å². The van der Waals surface area contributed by atoms with Crippen molar-refractivity contribution < 1.29 is 14.3 Å². The molecule has 2 aromatic rings. The molecule has 8 heteroatoms. The van der Waals surface area contributed by atoms with E-state index in [0.29, 0.717) is 38.5 Å². The maximum absolute atomic E-state index is 12.9. The Hall–Kier alpha value is -3.16. The summed E-state index contributed by atoms with van der Waals surface area (Å²) in [5.74, 6) is 2.06. The number of carbonyl (C=O) groups excluding carboxylic acids is 2. The molecule has 8 nitrogen and oxygen atoms in total. The number of piperazine rings is 1. The highest BCUT2D eigenvalue weighted by Gasteiger charge is 2.35. The van der Waals surface area contributed by atoms with Crippen molar-refractivity contribution in [3.8, 4) is 17.0 Å². The van der Waals surface area contributed by atoms with E-state index in [-0.39, 0.29) is 24.4 Å². The van der Waals surface area contributed by atoms with Gasteiger partial charge in [-0.25, -0.2) is 0 Å². The second-order valence-corrected chi connectivity index (χ2v) is 9.22. The summed E-state index contributed by atoms with van der Waals surface area (Å²) in [4.78, 5) is 31.3. The highest BCUT2D eigenvalue weighted by Crippen LogP contribution is 2.28. The van der Waals surface area contributed by atoms with E-state index >= 15 is 0 Å². The molecule has 0 bridgehead atoms. The van der Waals surface area contributed by atoms with Crippen LogP contribution in [0.1, 0.15) is 33.1 Å². The van der Waals surface area contributed by atoms with Crippen molar-refractivity contribution in [2.24, 2.45) is 5.92 Å². The number of aromatic nitrogens is 2. The first-order valence-corrected chi connectivity index (χ1v) is 11.7. The van der Waals surface area contributed by atoms with Crippen LogP contribution in [0.25, 0.3) is 11.3 Å². The van der Waals surface area contributed by atoms with E-state index in [1.54, 1.807) is 12.0 Å². The largest absolute Gasteiger partial charge is 0.497 e. The number of methoxy groups -OCH3 is 1. The molecule has 2 amide bonds. The first-order chi connectivity index (χ1) is 15.9.